The van der Waals surface area contributed by atoms with Crippen molar-refractivity contribution in [1.29, 1.82) is 0 Å². The van der Waals surface area contributed by atoms with Crippen LogP contribution in [0, 0.1) is 5.41 Å². The average molecular weight is 433 g/mol. The maximum Gasteiger partial charge on any atom is 0.259 e. The zero-order valence-electron chi connectivity index (χ0n) is 18.1. The number of pyridine rings is 1. The van der Waals surface area contributed by atoms with Crippen LogP contribution < -0.4 is 10.9 Å². The van der Waals surface area contributed by atoms with E-state index in [0.29, 0.717) is 27.7 Å². The largest absolute Gasteiger partial charge is 0.324 e. The first-order valence-corrected chi connectivity index (χ1v) is 10.6. The smallest absolute Gasteiger partial charge is 0.259 e. The Morgan fingerprint density at radius 1 is 1.03 bits per heavy atom. The molecule has 2 aromatic carbocycles. The van der Waals surface area contributed by atoms with Crippen LogP contribution in [0.25, 0.3) is 22.2 Å². The molecule has 0 atom stereocenters. The lowest BCUT2D eigenvalue weighted by molar-refractivity contribution is 0.411. The van der Waals surface area contributed by atoms with Crippen LogP contribution in [-0.4, -0.2) is 14.5 Å². The Kier molecular flexibility index (Phi) is 5.54. The van der Waals surface area contributed by atoms with Gasteiger partial charge in [-0.05, 0) is 41.7 Å². The Bertz CT molecular complexity index is 1320. The van der Waals surface area contributed by atoms with E-state index in [1.165, 1.54) is 10.1 Å². The number of nitrogens with zero attached hydrogens (tertiary/aromatic N) is 3. The molecule has 0 radical (unpaired) electrons. The molecule has 1 N–H and O–H groups in total. The number of halogens is 1. The molecule has 0 fully saturated rings. The second-order valence-corrected chi connectivity index (χ2v) is 9.34. The van der Waals surface area contributed by atoms with Gasteiger partial charge in [0, 0.05) is 40.5 Å². The molecule has 0 aliphatic heterocycles. The van der Waals surface area contributed by atoms with Gasteiger partial charge in [-0.2, -0.15) is 4.98 Å². The summed E-state index contributed by atoms with van der Waals surface area (Å²) in [6.07, 6.45) is 2.70. The molecule has 4 aromatic rings. The van der Waals surface area contributed by atoms with Gasteiger partial charge in [0.05, 0.1) is 0 Å². The molecule has 0 unspecified atom stereocenters. The van der Waals surface area contributed by atoms with Gasteiger partial charge >= 0.3 is 0 Å². The maximum absolute atomic E-state index is 13.0. The molecule has 0 bridgehead atoms. The predicted molar refractivity (Wildman–Crippen MR) is 128 cm³/mol. The molecule has 6 heteroatoms. The number of nitrogens with one attached hydrogen (secondary N) is 1. The minimum absolute atomic E-state index is 0.155. The molecule has 0 spiro atoms. The lowest BCUT2D eigenvalue weighted by Gasteiger charge is -2.18. The Morgan fingerprint density at radius 2 is 1.81 bits per heavy atom. The van der Waals surface area contributed by atoms with Gasteiger partial charge in [0.2, 0.25) is 5.95 Å². The molecule has 0 amide bonds. The topological polar surface area (TPSA) is 59.8 Å². The zero-order valence-corrected chi connectivity index (χ0v) is 18.9. The Morgan fingerprint density at radius 3 is 2.55 bits per heavy atom. The zero-order chi connectivity index (χ0) is 22.2. The summed E-state index contributed by atoms with van der Waals surface area (Å²) in [7, 11) is 1.71. The fourth-order valence-electron chi connectivity index (χ4n) is 3.68. The number of hydrogen-bond acceptors (Lipinski definition) is 4. The molecule has 0 aliphatic carbocycles. The van der Waals surface area contributed by atoms with E-state index < -0.39 is 0 Å². The number of anilines is 2. The molecule has 5 nitrogen and oxygen atoms in total. The third-order valence-electron chi connectivity index (χ3n) is 5.03. The van der Waals surface area contributed by atoms with Crippen LogP contribution in [0.1, 0.15) is 26.3 Å². The number of hydrogen-bond donors (Lipinski definition) is 1. The molecular weight excluding hydrogens is 408 g/mol. The van der Waals surface area contributed by atoms with Crippen molar-refractivity contribution in [3.05, 3.63) is 81.7 Å². The first kappa shape index (κ1) is 21.1. The summed E-state index contributed by atoms with van der Waals surface area (Å²) < 4.78 is 1.54. The normalized spacial score (nSPS) is 11.6. The van der Waals surface area contributed by atoms with Crippen molar-refractivity contribution < 1.29 is 0 Å². The summed E-state index contributed by atoms with van der Waals surface area (Å²) in [6.45, 7) is 6.66. The van der Waals surface area contributed by atoms with Crippen molar-refractivity contribution in [2.24, 2.45) is 12.5 Å². The van der Waals surface area contributed by atoms with Crippen molar-refractivity contribution >= 4 is 34.3 Å². The van der Waals surface area contributed by atoms with Gasteiger partial charge in [-0.25, -0.2) is 4.98 Å². The second kappa shape index (κ2) is 8.16. The van der Waals surface area contributed by atoms with Crippen molar-refractivity contribution in [3.63, 3.8) is 0 Å². The Labute approximate surface area is 186 Å². The van der Waals surface area contributed by atoms with E-state index in [9.17, 15) is 4.79 Å². The standard InChI is InChI=1S/C25H25ClN4O/c1-25(2,3)14-16-8-7-9-18(12-16)28-24-27-15-17-13-20(19-10-5-6-11-21(19)26)23(31)30(4)22(17)29-24/h5-13,15H,14H2,1-4H3,(H,27,28,29). The molecule has 2 heterocycles. The summed E-state index contributed by atoms with van der Waals surface area (Å²) >= 11 is 6.31. The predicted octanol–water partition coefficient (Wildman–Crippen LogP) is 5.98. The number of fused-ring (bicyclic) bond motifs is 1. The first-order valence-electron chi connectivity index (χ1n) is 10.2. The molecule has 2 aromatic heterocycles. The fourth-order valence-corrected chi connectivity index (χ4v) is 3.92. The quantitative estimate of drug-likeness (QED) is 0.430. The van der Waals surface area contributed by atoms with E-state index in [1.807, 2.05) is 30.3 Å². The lowest BCUT2D eigenvalue weighted by atomic mass is 9.88. The van der Waals surface area contributed by atoms with Crippen LogP contribution in [0.3, 0.4) is 0 Å². The van der Waals surface area contributed by atoms with Gasteiger partial charge in [0.15, 0.2) is 0 Å². The highest BCUT2D eigenvalue weighted by atomic mass is 35.5. The van der Waals surface area contributed by atoms with Crippen molar-refractivity contribution in [2.45, 2.75) is 27.2 Å². The average Bonchev–Trinajstić information content (AvgIpc) is 2.71. The van der Waals surface area contributed by atoms with Crippen LogP contribution in [0.4, 0.5) is 11.6 Å². The van der Waals surface area contributed by atoms with Crippen LogP contribution in [-0.2, 0) is 13.5 Å². The fraction of sp³-hybridized carbons (Fsp3) is 0.240. The van der Waals surface area contributed by atoms with E-state index in [-0.39, 0.29) is 11.0 Å². The van der Waals surface area contributed by atoms with E-state index in [1.54, 1.807) is 25.4 Å². The highest BCUT2D eigenvalue weighted by Crippen LogP contribution is 2.27. The van der Waals surface area contributed by atoms with E-state index in [0.717, 1.165) is 17.5 Å². The van der Waals surface area contributed by atoms with E-state index >= 15 is 0 Å². The molecule has 4 rings (SSSR count). The summed E-state index contributed by atoms with van der Waals surface area (Å²) in [5.74, 6) is 0.445. The van der Waals surface area contributed by atoms with Gasteiger partial charge in [-0.15, -0.1) is 0 Å². The molecule has 31 heavy (non-hydrogen) atoms. The molecule has 158 valence electrons. The lowest BCUT2D eigenvalue weighted by Crippen LogP contribution is -2.20. The highest BCUT2D eigenvalue weighted by Gasteiger charge is 2.14. The van der Waals surface area contributed by atoms with Gasteiger partial charge in [0.25, 0.3) is 5.56 Å². The van der Waals surface area contributed by atoms with E-state index in [4.69, 9.17) is 11.6 Å². The molecule has 0 aliphatic rings. The second-order valence-electron chi connectivity index (χ2n) is 8.94. The van der Waals surface area contributed by atoms with Gasteiger partial charge in [-0.1, -0.05) is 62.7 Å². The third-order valence-corrected chi connectivity index (χ3v) is 5.36. The summed E-state index contributed by atoms with van der Waals surface area (Å²) in [4.78, 5) is 22.1. The minimum atomic E-state index is -0.155. The number of aromatic nitrogens is 3. The third kappa shape index (κ3) is 4.62. The minimum Gasteiger partial charge on any atom is -0.324 e. The molecule has 0 saturated heterocycles. The monoisotopic (exact) mass is 432 g/mol. The maximum atomic E-state index is 13.0. The Balaban J connectivity index is 1.70. The number of benzene rings is 2. The summed E-state index contributed by atoms with van der Waals surface area (Å²) in [5.41, 5.74) is 4.00. The SMILES string of the molecule is Cn1c(=O)c(-c2ccccc2Cl)cc2cnc(Nc3cccc(CC(C)(C)C)c3)nc21. The Hall–Kier alpha value is -3.18. The summed E-state index contributed by atoms with van der Waals surface area (Å²) in [6, 6.07) is 17.4. The van der Waals surface area contributed by atoms with Crippen LogP contribution >= 0.6 is 11.6 Å². The van der Waals surface area contributed by atoms with Gasteiger partial charge in [0.1, 0.15) is 5.65 Å². The first-order chi connectivity index (χ1) is 14.7. The van der Waals surface area contributed by atoms with Crippen molar-refractivity contribution in [2.75, 3.05) is 5.32 Å². The van der Waals surface area contributed by atoms with Crippen molar-refractivity contribution in [1.82, 2.24) is 14.5 Å². The van der Waals surface area contributed by atoms with Crippen molar-refractivity contribution in [3.8, 4) is 11.1 Å². The van der Waals surface area contributed by atoms with Crippen LogP contribution in [0.15, 0.2) is 65.6 Å². The molecular formula is C25H25ClN4O. The number of aryl methyl sites for hydroxylation is 1. The van der Waals surface area contributed by atoms with Crippen LogP contribution in [0.2, 0.25) is 5.02 Å². The summed E-state index contributed by atoms with van der Waals surface area (Å²) in [5, 5.41) is 4.57. The van der Waals surface area contributed by atoms with Crippen LogP contribution in [0.5, 0.6) is 0 Å². The molecule has 0 saturated carbocycles. The highest BCUT2D eigenvalue weighted by molar-refractivity contribution is 6.33. The van der Waals surface area contributed by atoms with E-state index in [2.05, 4.69) is 48.2 Å². The van der Waals surface area contributed by atoms with Gasteiger partial charge < -0.3 is 5.32 Å². The number of rotatable bonds is 4. The van der Waals surface area contributed by atoms with Gasteiger partial charge in [-0.3, -0.25) is 9.36 Å².